The van der Waals surface area contributed by atoms with E-state index in [2.05, 4.69) is 5.32 Å². The zero-order valence-electron chi connectivity index (χ0n) is 21.9. The van der Waals surface area contributed by atoms with E-state index in [0.29, 0.717) is 17.3 Å². The minimum absolute atomic E-state index is 0.0851. The Labute approximate surface area is 246 Å². The molecule has 0 aliphatic rings. The van der Waals surface area contributed by atoms with Gasteiger partial charge < -0.3 is 5.32 Å². The zero-order valence-corrected chi connectivity index (χ0v) is 24.4. The quantitative estimate of drug-likeness (QED) is 0.297. The number of carbonyl (C=O) groups is 1. The molecule has 0 saturated carbocycles. The summed E-state index contributed by atoms with van der Waals surface area (Å²) < 4.78 is 66.4. The molecule has 0 fully saturated rings. The highest BCUT2D eigenvalue weighted by molar-refractivity contribution is 7.99. The topological polar surface area (TPSA) is 112 Å². The van der Waals surface area contributed by atoms with Crippen LogP contribution >= 0.6 is 23.1 Å². The average Bonchev–Trinajstić information content (AvgIpc) is 3.26. The van der Waals surface area contributed by atoms with Crippen molar-refractivity contribution in [2.45, 2.75) is 15.5 Å². The molecule has 0 aliphatic carbocycles. The van der Waals surface area contributed by atoms with Gasteiger partial charge in [0, 0.05) is 24.7 Å². The van der Waals surface area contributed by atoms with Crippen LogP contribution in [0.5, 0.6) is 0 Å². The molecule has 0 bridgehead atoms. The van der Waals surface area contributed by atoms with Crippen LogP contribution in [-0.4, -0.2) is 43.1 Å². The van der Waals surface area contributed by atoms with Gasteiger partial charge in [-0.3, -0.25) is 14.2 Å². The van der Waals surface area contributed by atoms with Gasteiger partial charge in [0.05, 0.1) is 15.1 Å². The number of alkyl halides is 2. The van der Waals surface area contributed by atoms with E-state index in [4.69, 9.17) is 0 Å². The van der Waals surface area contributed by atoms with Gasteiger partial charge in [0.15, 0.2) is 5.57 Å². The van der Waals surface area contributed by atoms with Crippen molar-refractivity contribution in [3.8, 4) is 11.8 Å². The number of amides is 1. The van der Waals surface area contributed by atoms with Gasteiger partial charge in [-0.2, -0.15) is 14.0 Å². The maximum Gasteiger partial charge on any atom is 0.288 e. The summed E-state index contributed by atoms with van der Waals surface area (Å²) in [7, 11) is -1.19. The molecule has 1 N–H and O–H groups in total. The highest BCUT2D eigenvalue weighted by Gasteiger charge is 2.21. The van der Waals surface area contributed by atoms with Crippen LogP contribution in [0, 0.1) is 17.1 Å². The molecule has 1 aromatic heterocycles. The van der Waals surface area contributed by atoms with E-state index in [1.807, 2.05) is 6.07 Å². The number of halogens is 3. The maximum absolute atomic E-state index is 13.7. The highest BCUT2D eigenvalue weighted by atomic mass is 32.2. The van der Waals surface area contributed by atoms with Crippen LogP contribution in [0.3, 0.4) is 0 Å². The van der Waals surface area contributed by atoms with E-state index in [9.17, 15) is 36.4 Å². The summed E-state index contributed by atoms with van der Waals surface area (Å²) in [5, 5.41) is 12.5. The fraction of sp³-hybridized carbons (Fsp3) is 0.107. The number of anilines is 1. The van der Waals surface area contributed by atoms with Gasteiger partial charge in [0.25, 0.3) is 17.2 Å². The Kier molecular flexibility index (Phi) is 9.37. The standard InChI is InChI=1S/C28H21F3N4O4S3/c1-34(2)42(38,39)22-5-3-4-20(15-22)35-26(37)24(14-17-6-8-18(29)9-7-17)41-27(35)23(16-32)25(36)33-19-10-12-21(13-11-19)40-28(30)31/h3-15,28H,1-2H3,(H,33,36)/b24-14+,27-23-. The number of thioether (sulfide) groups is 1. The van der Waals surface area contributed by atoms with Crippen molar-refractivity contribution >= 4 is 56.4 Å². The monoisotopic (exact) mass is 630 g/mol. The van der Waals surface area contributed by atoms with Crippen molar-refractivity contribution in [1.29, 1.82) is 5.26 Å². The first-order valence-electron chi connectivity index (χ1n) is 11.9. The van der Waals surface area contributed by atoms with Crippen LogP contribution in [-0.2, 0) is 14.8 Å². The molecular weight excluding hydrogens is 610 g/mol. The van der Waals surface area contributed by atoms with E-state index < -0.39 is 38.6 Å². The number of aromatic nitrogens is 1. The normalized spacial score (nSPS) is 12.9. The number of sulfonamides is 1. The van der Waals surface area contributed by atoms with Crippen molar-refractivity contribution in [2.75, 3.05) is 19.4 Å². The lowest BCUT2D eigenvalue weighted by molar-refractivity contribution is -0.111. The molecular formula is C28H21F3N4O4S3. The summed E-state index contributed by atoms with van der Waals surface area (Å²) in [6, 6.07) is 18.2. The van der Waals surface area contributed by atoms with Gasteiger partial charge in [-0.15, -0.1) is 11.3 Å². The molecule has 0 radical (unpaired) electrons. The van der Waals surface area contributed by atoms with E-state index in [0.717, 1.165) is 20.2 Å². The molecule has 216 valence electrons. The number of thiazole rings is 1. The van der Waals surface area contributed by atoms with Gasteiger partial charge in [0.1, 0.15) is 16.5 Å². The fourth-order valence-electron chi connectivity index (χ4n) is 3.70. The number of benzene rings is 3. The first kappa shape index (κ1) is 30.8. The molecule has 14 heteroatoms. The molecule has 3 aromatic carbocycles. The molecule has 0 atom stereocenters. The van der Waals surface area contributed by atoms with Gasteiger partial charge in [-0.05, 0) is 66.2 Å². The Bertz CT molecular complexity index is 1960. The van der Waals surface area contributed by atoms with E-state index in [1.54, 1.807) is 0 Å². The van der Waals surface area contributed by atoms with Gasteiger partial charge in [-0.25, -0.2) is 17.1 Å². The third kappa shape index (κ3) is 6.82. The predicted molar refractivity (Wildman–Crippen MR) is 156 cm³/mol. The Hall–Kier alpha value is -4.16. The molecule has 0 unspecified atom stereocenters. The molecule has 0 spiro atoms. The average molecular weight is 631 g/mol. The molecule has 1 heterocycles. The minimum Gasteiger partial charge on any atom is -0.321 e. The second-order valence-corrected chi connectivity index (χ2v) is 13.0. The van der Waals surface area contributed by atoms with Crippen LogP contribution < -0.4 is 20.1 Å². The largest absolute Gasteiger partial charge is 0.321 e. The number of carbonyl (C=O) groups excluding carboxylic acids is 1. The lowest BCUT2D eigenvalue weighted by Gasteiger charge is -2.12. The smallest absolute Gasteiger partial charge is 0.288 e. The van der Waals surface area contributed by atoms with Gasteiger partial charge in [-0.1, -0.05) is 30.0 Å². The molecule has 42 heavy (non-hydrogen) atoms. The SMILES string of the molecule is CN(C)S(=O)(=O)c1cccc(-n2c(=O)/c(=C\c3ccc(F)cc3)s/c2=C(/C#N)C(=O)Nc2ccc(SC(F)F)cc2)c1. The molecule has 0 aliphatic heterocycles. The third-order valence-electron chi connectivity index (χ3n) is 5.74. The summed E-state index contributed by atoms with van der Waals surface area (Å²) in [5.41, 5.74) is -0.326. The number of hydrogen-bond acceptors (Lipinski definition) is 7. The Morgan fingerprint density at radius 2 is 1.76 bits per heavy atom. The highest BCUT2D eigenvalue weighted by Crippen LogP contribution is 2.26. The van der Waals surface area contributed by atoms with Crippen molar-refractivity contribution in [3.05, 3.63) is 104 Å². The van der Waals surface area contributed by atoms with Crippen LogP contribution in [0.4, 0.5) is 18.9 Å². The van der Waals surface area contributed by atoms with E-state index in [-0.39, 0.29) is 30.4 Å². The van der Waals surface area contributed by atoms with Crippen molar-refractivity contribution in [2.24, 2.45) is 0 Å². The van der Waals surface area contributed by atoms with Crippen molar-refractivity contribution < 1.29 is 26.4 Å². The van der Waals surface area contributed by atoms with Crippen LogP contribution in [0.15, 0.2) is 87.4 Å². The summed E-state index contributed by atoms with van der Waals surface area (Å²) in [6.07, 6.45) is 1.46. The molecule has 1 amide bonds. The van der Waals surface area contributed by atoms with Crippen molar-refractivity contribution in [3.63, 3.8) is 0 Å². The number of nitriles is 1. The van der Waals surface area contributed by atoms with Crippen LogP contribution in [0.1, 0.15) is 5.56 Å². The molecule has 4 rings (SSSR count). The predicted octanol–water partition coefficient (Wildman–Crippen LogP) is 3.74. The van der Waals surface area contributed by atoms with E-state index >= 15 is 0 Å². The summed E-state index contributed by atoms with van der Waals surface area (Å²) in [5.74, 6) is -3.98. The second kappa shape index (κ2) is 12.8. The zero-order chi connectivity index (χ0) is 30.6. The van der Waals surface area contributed by atoms with Gasteiger partial charge in [0.2, 0.25) is 10.0 Å². The number of hydrogen-bond donors (Lipinski definition) is 1. The van der Waals surface area contributed by atoms with Crippen LogP contribution in [0.2, 0.25) is 0 Å². The van der Waals surface area contributed by atoms with Gasteiger partial charge >= 0.3 is 0 Å². The number of nitrogens with one attached hydrogen (secondary N) is 1. The summed E-state index contributed by atoms with van der Waals surface area (Å²) in [4.78, 5) is 27.1. The Morgan fingerprint density at radius 3 is 2.36 bits per heavy atom. The molecule has 8 nitrogen and oxygen atoms in total. The molecule has 4 aromatic rings. The lowest BCUT2D eigenvalue weighted by Crippen LogP contribution is -2.32. The minimum atomic E-state index is -3.89. The number of nitrogens with zero attached hydrogens (tertiary/aromatic N) is 3. The first-order valence-corrected chi connectivity index (χ1v) is 15.1. The molecule has 0 saturated heterocycles. The Morgan fingerprint density at radius 1 is 1.10 bits per heavy atom. The summed E-state index contributed by atoms with van der Waals surface area (Å²) in [6.45, 7) is 0. The van der Waals surface area contributed by atoms with Crippen LogP contribution in [0.25, 0.3) is 17.3 Å². The van der Waals surface area contributed by atoms with E-state index in [1.165, 1.54) is 93.0 Å². The maximum atomic E-state index is 13.7. The summed E-state index contributed by atoms with van der Waals surface area (Å²) >= 11 is 1.15. The third-order valence-corrected chi connectivity index (χ3v) is 9.36. The first-order chi connectivity index (χ1) is 19.9. The Balaban J connectivity index is 1.92. The number of rotatable bonds is 8. The lowest BCUT2D eigenvalue weighted by atomic mass is 10.2. The van der Waals surface area contributed by atoms with Crippen molar-refractivity contribution in [1.82, 2.24) is 8.87 Å². The second-order valence-electron chi connectivity index (χ2n) is 8.74. The fourth-order valence-corrected chi connectivity index (χ4v) is 6.24.